The number of aliphatic hydroxyl groups excluding tert-OH is 1. The van der Waals surface area contributed by atoms with Gasteiger partial charge in [-0.1, -0.05) is 18.2 Å². The predicted octanol–water partition coefficient (Wildman–Crippen LogP) is 3.32. The van der Waals surface area contributed by atoms with Crippen LogP contribution in [0.5, 0.6) is 0 Å². The summed E-state index contributed by atoms with van der Waals surface area (Å²) in [7, 11) is 1.63. The van der Waals surface area contributed by atoms with Gasteiger partial charge in [-0.3, -0.25) is 0 Å². The average molecular weight is 321 g/mol. The first kappa shape index (κ1) is 17.5. The molecule has 23 heavy (non-hydrogen) atoms. The third-order valence-corrected chi connectivity index (χ3v) is 3.72. The highest BCUT2D eigenvalue weighted by molar-refractivity contribution is 5.25. The van der Waals surface area contributed by atoms with Crippen LogP contribution in [-0.4, -0.2) is 18.8 Å². The van der Waals surface area contributed by atoms with Crippen molar-refractivity contribution in [3.63, 3.8) is 0 Å². The Kier molecular flexibility index (Phi) is 6.65. The zero-order valence-electron chi connectivity index (χ0n) is 13.1. The van der Waals surface area contributed by atoms with Crippen LogP contribution in [0.2, 0.25) is 0 Å². The number of rotatable bonds is 8. The molecule has 0 radical (unpaired) electrons. The molecule has 0 aliphatic carbocycles. The summed E-state index contributed by atoms with van der Waals surface area (Å²) in [5, 5.41) is 12.5. The second-order valence-electron chi connectivity index (χ2n) is 5.35. The lowest BCUT2D eigenvalue weighted by atomic mass is 10.0. The lowest BCUT2D eigenvalue weighted by Gasteiger charge is -2.19. The van der Waals surface area contributed by atoms with Crippen molar-refractivity contribution in [2.75, 3.05) is 13.7 Å². The van der Waals surface area contributed by atoms with Crippen LogP contribution < -0.4 is 5.32 Å². The highest BCUT2D eigenvalue weighted by Gasteiger charge is 2.12. The molecular formula is C18H21F2NO2. The van der Waals surface area contributed by atoms with Crippen LogP contribution in [0.3, 0.4) is 0 Å². The van der Waals surface area contributed by atoms with E-state index in [0.717, 1.165) is 17.5 Å². The summed E-state index contributed by atoms with van der Waals surface area (Å²) in [4.78, 5) is 0. The Morgan fingerprint density at radius 2 is 1.87 bits per heavy atom. The molecule has 2 N–H and O–H groups in total. The second-order valence-corrected chi connectivity index (χ2v) is 5.35. The number of hydrogen-bond acceptors (Lipinski definition) is 3. The van der Waals surface area contributed by atoms with Gasteiger partial charge in [0.15, 0.2) is 0 Å². The van der Waals surface area contributed by atoms with Gasteiger partial charge in [0.1, 0.15) is 11.6 Å². The van der Waals surface area contributed by atoms with Gasteiger partial charge in [0.25, 0.3) is 0 Å². The molecule has 0 saturated heterocycles. The maximum atomic E-state index is 13.4. The third kappa shape index (κ3) is 5.10. The van der Waals surface area contributed by atoms with Crippen LogP contribution >= 0.6 is 0 Å². The largest absolute Gasteiger partial charge is 0.392 e. The van der Waals surface area contributed by atoms with E-state index in [0.29, 0.717) is 13.2 Å². The summed E-state index contributed by atoms with van der Waals surface area (Å²) >= 11 is 0. The molecule has 124 valence electrons. The van der Waals surface area contributed by atoms with E-state index >= 15 is 0 Å². The predicted molar refractivity (Wildman–Crippen MR) is 84.8 cm³/mol. The Balaban J connectivity index is 2.07. The van der Waals surface area contributed by atoms with Gasteiger partial charge in [0.05, 0.1) is 6.61 Å². The van der Waals surface area contributed by atoms with Crippen LogP contribution in [-0.2, 0) is 17.9 Å². The first-order chi connectivity index (χ1) is 11.1. The molecule has 1 unspecified atom stereocenters. The third-order valence-electron chi connectivity index (χ3n) is 3.72. The number of ether oxygens (including phenoxy) is 1. The highest BCUT2D eigenvalue weighted by Crippen LogP contribution is 2.19. The Morgan fingerprint density at radius 1 is 1.13 bits per heavy atom. The minimum atomic E-state index is -0.411. The van der Waals surface area contributed by atoms with Gasteiger partial charge in [-0.05, 0) is 41.8 Å². The lowest BCUT2D eigenvalue weighted by molar-refractivity contribution is 0.182. The summed E-state index contributed by atoms with van der Waals surface area (Å²) in [5.74, 6) is -0.684. The van der Waals surface area contributed by atoms with E-state index in [9.17, 15) is 8.78 Å². The standard InChI is InChI=1S/C18H21F2NO2/c1-23-9-8-18(14-3-5-16(19)6-4-14)21-11-13-2-7-17(20)15(10-13)12-22/h2-7,10,18,21-22H,8-9,11-12H2,1H3. The first-order valence-corrected chi connectivity index (χ1v) is 7.50. The quantitative estimate of drug-likeness (QED) is 0.784. The Bertz CT molecular complexity index is 617. The van der Waals surface area contributed by atoms with Crippen molar-refractivity contribution in [2.45, 2.75) is 25.6 Å². The van der Waals surface area contributed by atoms with Crippen molar-refractivity contribution in [1.29, 1.82) is 0 Å². The molecule has 2 rings (SSSR count). The minimum absolute atomic E-state index is 0.00169. The van der Waals surface area contributed by atoms with Crippen LogP contribution in [0.15, 0.2) is 42.5 Å². The molecule has 0 amide bonds. The number of halogens is 2. The number of aliphatic hydroxyl groups is 1. The van der Waals surface area contributed by atoms with Crippen molar-refractivity contribution < 1.29 is 18.6 Å². The SMILES string of the molecule is COCCC(NCc1ccc(F)c(CO)c1)c1ccc(F)cc1. The molecule has 3 nitrogen and oxygen atoms in total. The summed E-state index contributed by atoms with van der Waals surface area (Å²) in [6, 6.07) is 11.0. The maximum absolute atomic E-state index is 13.4. The molecule has 1 atom stereocenters. The fourth-order valence-corrected chi connectivity index (χ4v) is 2.42. The molecule has 0 fully saturated rings. The van der Waals surface area contributed by atoms with Gasteiger partial charge >= 0.3 is 0 Å². The number of benzene rings is 2. The normalized spacial score (nSPS) is 12.3. The molecule has 0 saturated carbocycles. The Hall–Kier alpha value is -1.82. The number of nitrogens with one attached hydrogen (secondary N) is 1. The van der Waals surface area contributed by atoms with E-state index in [1.165, 1.54) is 18.2 Å². The maximum Gasteiger partial charge on any atom is 0.128 e. The van der Waals surface area contributed by atoms with Crippen LogP contribution in [0.1, 0.15) is 29.2 Å². The van der Waals surface area contributed by atoms with Gasteiger partial charge < -0.3 is 15.2 Å². The summed E-state index contributed by atoms with van der Waals surface area (Å²) in [6.07, 6.45) is 0.732. The molecule has 0 aromatic heterocycles. The van der Waals surface area contributed by atoms with Crippen LogP contribution in [0, 0.1) is 11.6 Å². The molecule has 0 aliphatic heterocycles. The zero-order valence-corrected chi connectivity index (χ0v) is 13.1. The monoisotopic (exact) mass is 321 g/mol. The van der Waals surface area contributed by atoms with Gasteiger partial charge in [-0.15, -0.1) is 0 Å². The van der Waals surface area contributed by atoms with E-state index in [1.807, 2.05) is 0 Å². The molecule has 0 heterocycles. The van der Waals surface area contributed by atoms with Gasteiger partial charge in [-0.25, -0.2) is 8.78 Å². The van der Waals surface area contributed by atoms with E-state index in [2.05, 4.69) is 5.32 Å². The lowest BCUT2D eigenvalue weighted by Crippen LogP contribution is -2.22. The van der Waals surface area contributed by atoms with Crippen molar-refractivity contribution in [1.82, 2.24) is 5.32 Å². The van der Waals surface area contributed by atoms with E-state index in [1.54, 1.807) is 31.4 Å². The number of hydrogen-bond donors (Lipinski definition) is 2. The topological polar surface area (TPSA) is 41.5 Å². The Morgan fingerprint density at radius 3 is 2.52 bits per heavy atom. The summed E-state index contributed by atoms with van der Waals surface area (Å²) in [5.41, 5.74) is 2.12. The van der Waals surface area contributed by atoms with E-state index < -0.39 is 5.82 Å². The molecule has 2 aromatic rings. The molecular weight excluding hydrogens is 300 g/mol. The first-order valence-electron chi connectivity index (χ1n) is 7.50. The van der Waals surface area contributed by atoms with Crippen molar-refractivity contribution in [3.8, 4) is 0 Å². The average Bonchev–Trinajstić information content (AvgIpc) is 2.57. The summed E-state index contributed by atoms with van der Waals surface area (Å²) in [6.45, 7) is 0.754. The van der Waals surface area contributed by atoms with E-state index in [-0.39, 0.29) is 24.0 Å². The van der Waals surface area contributed by atoms with Crippen molar-refractivity contribution in [2.24, 2.45) is 0 Å². The fourth-order valence-electron chi connectivity index (χ4n) is 2.42. The Labute approximate surface area is 134 Å². The molecule has 5 heteroatoms. The molecule has 0 spiro atoms. The van der Waals surface area contributed by atoms with E-state index in [4.69, 9.17) is 9.84 Å². The minimum Gasteiger partial charge on any atom is -0.392 e. The molecule has 0 aliphatic rings. The van der Waals surface area contributed by atoms with Crippen LogP contribution in [0.4, 0.5) is 8.78 Å². The number of methoxy groups -OCH3 is 1. The molecule has 0 bridgehead atoms. The fraction of sp³-hybridized carbons (Fsp3) is 0.333. The van der Waals surface area contributed by atoms with Crippen LogP contribution in [0.25, 0.3) is 0 Å². The highest BCUT2D eigenvalue weighted by atomic mass is 19.1. The second kappa shape index (κ2) is 8.72. The smallest absolute Gasteiger partial charge is 0.128 e. The zero-order chi connectivity index (χ0) is 16.7. The summed E-state index contributed by atoms with van der Waals surface area (Å²) < 4.78 is 31.6. The van der Waals surface area contributed by atoms with Crippen molar-refractivity contribution in [3.05, 3.63) is 70.8 Å². The van der Waals surface area contributed by atoms with Gasteiger partial charge in [-0.2, -0.15) is 0 Å². The van der Waals surface area contributed by atoms with Crippen molar-refractivity contribution >= 4 is 0 Å². The van der Waals surface area contributed by atoms with Gasteiger partial charge in [0, 0.05) is 31.9 Å². The van der Waals surface area contributed by atoms with Gasteiger partial charge in [0.2, 0.25) is 0 Å². The molecule has 2 aromatic carbocycles.